The fourth-order valence-electron chi connectivity index (χ4n) is 3.10. The Morgan fingerprint density at radius 1 is 1.11 bits per heavy atom. The number of fused-ring (bicyclic) bond motifs is 1. The maximum Gasteiger partial charge on any atom is 0.326 e. The van der Waals surface area contributed by atoms with Crippen molar-refractivity contribution in [3.63, 3.8) is 0 Å². The molecule has 1 aliphatic rings. The van der Waals surface area contributed by atoms with E-state index in [9.17, 15) is 24.0 Å². The van der Waals surface area contributed by atoms with Gasteiger partial charge in [-0.1, -0.05) is 0 Å². The van der Waals surface area contributed by atoms with Gasteiger partial charge in [0, 0.05) is 30.8 Å². The number of benzene rings is 1. The number of nitrogens with one attached hydrogen (secondary N) is 5. The summed E-state index contributed by atoms with van der Waals surface area (Å²) in [5, 5.41) is 37.1. The average Bonchev–Trinajstić information content (AvgIpc) is 2.85. The van der Waals surface area contributed by atoms with Crippen molar-refractivity contribution < 1.29 is 34.5 Å². The van der Waals surface area contributed by atoms with Crippen molar-refractivity contribution in [2.45, 2.75) is 24.9 Å². The molecule has 12 N–H and O–H groups in total. The van der Waals surface area contributed by atoms with Gasteiger partial charge in [-0.3, -0.25) is 24.2 Å². The number of aliphatic carboxylic acids is 3. The normalized spacial score (nSPS) is 14.4. The topological polar surface area (TPSA) is 275 Å². The van der Waals surface area contributed by atoms with Crippen LogP contribution in [0.1, 0.15) is 23.2 Å². The van der Waals surface area contributed by atoms with Crippen LogP contribution in [-0.4, -0.2) is 80.8 Å². The van der Waals surface area contributed by atoms with Gasteiger partial charge in [0.15, 0.2) is 5.82 Å². The maximum atomic E-state index is 12.3. The third kappa shape index (κ3) is 9.02. The summed E-state index contributed by atoms with van der Waals surface area (Å²) in [5.74, 6) is -3.61. The summed E-state index contributed by atoms with van der Waals surface area (Å²) in [7, 11) is 0. The Morgan fingerprint density at radius 3 is 2.32 bits per heavy atom. The Labute approximate surface area is 209 Å². The molecule has 37 heavy (non-hydrogen) atoms. The van der Waals surface area contributed by atoms with E-state index in [2.05, 4.69) is 37.0 Å². The number of nitrogen functional groups attached to an aromatic ring is 1. The van der Waals surface area contributed by atoms with Crippen LogP contribution < -0.4 is 38.3 Å². The minimum absolute atomic E-state index is 0.0281. The molecule has 0 fully saturated rings. The van der Waals surface area contributed by atoms with Crippen LogP contribution in [0.15, 0.2) is 29.1 Å². The van der Waals surface area contributed by atoms with Gasteiger partial charge in [0.05, 0.1) is 12.6 Å². The first-order valence-electron chi connectivity index (χ1n) is 10.9. The number of carboxylic acid groups (broad SMARTS) is 3. The van der Waals surface area contributed by atoms with E-state index >= 15 is 0 Å². The van der Waals surface area contributed by atoms with Gasteiger partial charge in [0.2, 0.25) is 5.95 Å². The monoisotopic (exact) mass is 520 g/mol. The Kier molecular flexibility index (Phi) is 10.2. The van der Waals surface area contributed by atoms with Crippen molar-refractivity contribution in [2.24, 2.45) is 5.73 Å². The first-order valence-corrected chi connectivity index (χ1v) is 10.9. The van der Waals surface area contributed by atoms with Gasteiger partial charge in [0.25, 0.3) is 11.5 Å². The highest BCUT2D eigenvalue weighted by Crippen LogP contribution is 2.20. The zero-order valence-electron chi connectivity index (χ0n) is 19.5. The minimum Gasteiger partial charge on any atom is -0.481 e. The van der Waals surface area contributed by atoms with E-state index in [-0.39, 0.29) is 42.5 Å². The van der Waals surface area contributed by atoms with Gasteiger partial charge in [0.1, 0.15) is 11.7 Å². The molecule has 1 aromatic heterocycles. The van der Waals surface area contributed by atoms with Crippen LogP contribution in [-0.2, 0) is 14.4 Å². The van der Waals surface area contributed by atoms with E-state index in [0.717, 1.165) is 0 Å². The lowest BCUT2D eigenvalue weighted by molar-refractivity contribution is -0.140. The quantitative estimate of drug-likeness (QED) is 0.175. The first kappa shape index (κ1) is 28.4. The van der Waals surface area contributed by atoms with Crippen LogP contribution >= 0.6 is 0 Å². The molecule has 0 saturated carbocycles. The molecule has 0 saturated heterocycles. The lowest BCUT2D eigenvalue weighted by atomic mass is 10.1. The Balaban J connectivity index is 0.000000877. The van der Waals surface area contributed by atoms with Crippen LogP contribution in [0.5, 0.6) is 0 Å². The predicted molar refractivity (Wildman–Crippen MR) is 133 cm³/mol. The zero-order valence-corrected chi connectivity index (χ0v) is 19.5. The van der Waals surface area contributed by atoms with E-state index in [1.54, 1.807) is 12.1 Å². The number of rotatable bonds is 10. The lowest BCUT2D eigenvalue weighted by Crippen LogP contribution is -2.41. The minimum atomic E-state index is -1.30. The number of carboxylic acids is 3. The summed E-state index contributed by atoms with van der Waals surface area (Å²) < 4.78 is 0. The van der Waals surface area contributed by atoms with Gasteiger partial charge in [-0.15, -0.1) is 0 Å². The second-order valence-electron chi connectivity index (χ2n) is 7.75. The molecule has 16 heteroatoms. The van der Waals surface area contributed by atoms with Crippen molar-refractivity contribution in [3.05, 3.63) is 40.2 Å². The highest BCUT2D eigenvalue weighted by atomic mass is 16.4. The van der Waals surface area contributed by atoms with Gasteiger partial charge < -0.3 is 48.1 Å². The average molecular weight is 521 g/mol. The molecular formula is C21H28N8O8. The SMILES string of the molecule is NCC(=O)O.Nc1nc2c(c(=O)[nH]1)NC(CNc1ccc(C(=O)N[C@@H](CCC(=O)O)C(=O)O)cc1)CN2. The fraction of sp³-hybridized carbons (Fsp3) is 0.333. The highest BCUT2D eigenvalue weighted by molar-refractivity contribution is 5.97. The van der Waals surface area contributed by atoms with E-state index in [1.807, 2.05) is 0 Å². The van der Waals surface area contributed by atoms with Crippen molar-refractivity contribution in [3.8, 4) is 0 Å². The summed E-state index contributed by atoms with van der Waals surface area (Å²) in [6, 6.07) is 4.93. The van der Waals surface area contributed by atoms with Gasteiger partial charge >= 0.3 is 17.9 Å². The van der Waals surface area contributed by atoms with Gasteiger partial charge in [-0.2, -0.15) is 4.98 Å². The van der Waals surface area contributed by atoms with Gasteiger partial charge in [-0.25, -0.2) is 4.79 Å². The molecule has 0 spiro atoms. The van der Waals surface area contributed by atoms with Crippen LogP contribution in [0, 0.1) is 0 Å². The van der Waals surface area contributed by atoms with E-state index in [0.29, 0.717) is 30.3 Å². The van der Waals surface area contributed by atoms with Crippen LogP contribution in [0.3, 0.4) is 0 Å². The molecule has 1 unspecified atom stereocenters. The van der Waals surface area contributed by atoms with Crippen molar-refractivity contribution in [1.82, 2.24) is 15.3 Å². The Bertz CT molecular complexity index is 1180. The molecule has 200 valence electrons. The number of carbonyl (C=O) groups excluding carboxylic acids is 1. The largest absolute Gasteiger partial charge is 0.481 e. The summed E-state index contributed by atoms with van der Waals surface area (Å²) in [5.41, 5.74) is 11.0. The number of aromatic nitrogens is 2. The van der Waals surface area contributed by atoms with Crippen molar-refractivity contribution in [2.75, 3.05) is 41.3 Å². The second-order valence-corrected chi connectivity index (χ2v) is 7.75. The maximum absolute atomic E-state index is 12.3. The molecule has 2 aromatic rings. The molecule has 1 aromatic carbocycles. The number of aromatic amines is 1. The van der Waals surface area contributed by atoms with Crippen LogP contribution in [0.4, 0.5) is 23.1 Å². The highest BCUT2D eigenvalue weighted by Gasteiger charge is 2.23. The third-order valence-corrected chi connectivity index (χ3v) is 4.93. The standard InChI is InChI=1S/C19H23N7O6.C2H5NO2/c20-19-25-15-14(17(30)26-19)23-11(8-22-15)7-21-10-3-1-9(2-4-10)16(29)24-12(18(31)32)5-6-13(27)28;3-1-2(4)5/h1-4,11-12,21,23H,5-8H2,(H,24,29)(H,27,28)(H,31,32)(H4,20,22,25,26,30);1,3H2,(H,4,5)/t11?,12-;/m0./s1. The van der Waals surface area contributed by atoms with E-state index in [1.165, 1.54) is 12.1 Å². The molecule has 0 bridgehead atoms. The number of amides is 1. The summed E-state index contributed by atoms with van der Waals surface area (Å²) >= 11 is 0. The molecule has 2 heterocycles. The Morgan fingerprint density at radius 2 is 1.76 bits per heavy atom. The van der Waals surface area contributed by atoms with E-state index < -0.39 is 29.9 Å². The van der Waals surface area contributed by atoms with Crippen LogP contribution in [0.2, 0.25) is 0 Å². The molecule has 3 rings (SSSR count). The number of hydrogen-bond donors (Lipinski definition) is 10. The summed E-state index contributed by atoms with van der Waals surface area (Å²) in [6.45, 7) is 0.682. The number of anilines is 4. The number of hydrogen-bond acceptors (Lipinski definition) is 11. The Hall–Kier alpha value is -4.86. The summed E-state index contributed by atoms with van der Waals surface area (Å²) in [6.07, 6.45) is -0.587. The number of H-pyrrole nitrogens is 1. The molecule has 1 amide bonds. The lowest BCUT2D eigenvalue weighted by Gasteiger charge is -2.27. The zero-order chi connectivity index (χ0) is 27.5. The molecule has 2 atom stereocenters. The van der Waals surface area contributed by atoms with Gasteiger partial charge in [-0.05, 0) is 30.7 Å². The number of carbonyl (C=O) groups is 4. The number of nitrogens with two attached hydrogens (primary N) is 2. The second kappa shape index (κ2) is 13.3. The number of nitrogens with zero attached hydrogens (tertiary/aromatic N) is 1. The van der Waals surface area contributed by atoms with E-state index in [4.69, 9.17) is 21.1 Å². The van der Waals surface area contributed by atoms with Crippen molar-refractivity contribution in [1.29, 1.82) is 0 Å². The predicted octanol–water partition coefficient (Wildman–Crippen LogP) is -1.25. The third-order valence-electron chi connectivity index (χ3n) is 4.93. The van der Waals surface area contributed by atoms with Crippen molar-refractivity contribution >= 4 is 47.0 Å². The fourth-order valence-corrected chi connectivity index (χ4v) is 3.10. The first-order chi connectivity index (χ1) is 17.5. The molecule has 0 aliphatic carbocycles. The molecule has 0 radical (unpaired) electrons. The smallest absolute Gasteiger partial charge is 0.326 e. The summed E-state index contributed by atoms with van der Waals surface area (Å²) in [4.78, 5) is 61.8. The molecule has 1 aliphatic heterocycles. The molecular weight excluding hydrogens is 492 g/mol. The van der Waals surface area contributed by atoms with Crippen LogP contribution in [0.25, 0.3) is 0 Å². The molecule has 16 nitrogen and oxygen atoms in total.